The first-order valence-electron chi connectivity index (χ1n) is 6.59. The van der Waals surface area contributed by atoms with Gasteiger partial charge in [-0.05, 0) is 17.7 Å². The van der Waals surface area contributed by atoms with Crippen LogP contribution in [0.1, 0.15) is 5.76 Å². The van der Waals surface area contributed by atoms with E-state index < -0.39 is 10.0 Å². The van der Waals surface area contributed by atoms with E-state index >= 15 is 0 Å². The first-order chi connectivity index (χ1) is 11.0. The van der Waals surface area contributed by atoms with E-state index in [0.717, 1.165) is 5.56 Å². The average Bonchev–Trinajstić information content (AvgIpc) is 2.99. The molecule has 0 atom stereocenters. The lowest BCUT2D eigenvalue weighted by Gasteiger charge is -2.04. The fraction of sp³-hybridized carbons (Fsp3) is 0. The molecule has 0 saturated heterocycles. The summed E-state index contributed by atoms with van der Waals surface area (Å²) in [5, 5.41) is 18.4. The molecule has 0 fully saturated rings. The Morgan fingerprint density at radius 1 is 1.04 bits per heavy atom. The second kappa shape index (κ2) is 5.68. The third-order valence-corrected chi connectivity index (χ3v) is 4.20. The number of nitrogens with zero attached hydrogens (tertiary/aromatic N) is 2. The first kappa shape index (κ1) is 15.0. The van der Waals surface area contributed by atoms with Gasteiger partial charge in [-0.2, -0.15) is 5.26 Å². The molecule has 2 N–H and O–H groups in total. The normalized spacial score (nSPS) is 11.1. The van der Waals surface area contributed by atoms with E-state index in [1.165, 1.54) is 12.1 Å². The van der Waals surface area contributed by atoms with Crippen molar-refractivity contribution in [2.45, 2.75) is 4.90 Å². The van der Waals surface area contributed by atoms with Gasteiger partial charge in [0.1, 0.15) is 11.8 Å². The van der Waals surface area contributed by atoms with Gasteiger partial charge >= 0.3 is 0 Å². The van der Waals surface area contributed by atoms with Gasteiger partial charge < -0.3 is 4.52 Å². The summed E-state index contributed by atoms with van der Waals surface area (Å²) in [6, 6.07) is 17.1. The van der Waals surface area contributed by atoms with Crippen LogP contribution in [0.3, 0.4) is 0 Å². The number of nitriles is 1. The van der Waals surface area contributed by atoms with Gasteiger partial charge in [-0.3, -0.25) is 0 Å². The predicted molar refractivity (Wildman–Crippen MR) is 83.5 cm³/mol. The molecule has 0 amide bonds. The fourth-order valence-electron chi connectivity index (χ4n) is 2.26. The van der Waals surface area contributed by atoms with Crippen molar-refractivity contribution >= 4 is 10.0 Å². The molecule has 0 radical (unpaired) electrons. The highest BCUT2D eigenvalue weighted by atomic mass is 32.2. The second-order valence-corrected chi connectivity index (χ2v) is 6.35. The number of sulfonamides is 1. The maximum atomic E-state index is 11.5. The number of hydrogen-bond donors (Lipinski definition) is 1. The summed E-state index contributed by atoms with van der Waals surface area (Å²) in [7, 11) is -3.85. The van der Waals surface area contributed by atoms with E-state index in [-0.39, 0.29) is 10.7 Å². The van der Waals surface area contributed by atoms with E-state index in [4.69, 9.17) is 9.66 Å². The van der Waals surface area contributed by atoms with E-state index in [0.29, 0.717) is 16.8 Å². The zero-order valence-corrected chi connectivity index (χ0v) is 12.6. The molecule has 23 heavy (non-hydrogen) atoms. The standard InChI is InChI=1S/C16H11N3O3S/c17-10-14-15(12-7-4-8-13(9-12)23(18,20)21)16(19-22-14)11-5-2-1-3-6-11/h1-9H,(H2,18,20,21). The molecule has 3 aromatic rings. The van der Waals surface area contributed by atoms with Crippen molar-refractivity contribution in [1.82, 2.24) is 5.16 Å². The molecule has 2 aromatic carbocycles. The molecule has 0 aliphatic heterocycles. The van der Waals surface area contributed by atoms with Crippen LogP contribution in [0.5, 0.6) is 0 Å². The van der Waals surface area contributed by atoms with Crippen LogP contribution in [0.4, 0.5) is 0 Å². The molecule has 3 rings (SSSR count). The van der Waals surface area contributed by atoms with E-state index in [2.05, 4.69) is 5.16 Å². The molecule has 0 aliphatic carbocycles. The third-order valence-electron chi connectivity index (χ3n) is 3.29. The maximum Gasteiger partial charge on any atom is 0.244 e. The number of nitrogens with two attached hydrogens (primary N) is 1. The lowest BCUT2D eigenvalue weighted by molar-refractivity contribution is 0.413. The molecule has 1 aromatic heterocycles. The van der Waals surface area contributed by atoms with Gasteiger partial charge in [-0.15, -0.1) is 0 Å². The van der Waals surface area contributed by atoms with Crippen molar-refractivity contribution < 1.29 is 12.9 Å². The minimum absolute atomic E-state index is 0.00965. The topological polar surface area (TPSA) is 110 Å². The molecular formula is C16H11N3O3S. The molecule has 0 unspecified atom stereocenters. The van der Waals surface area contributed by atoms with Crippen LogP contribution >= 0.6 is 0 Å². The monoisotopic (exact) mass is 325 g/mol. The zero-order chi connectivity index (χ0) is 16.4. The van der Waals surface area contributed by atoms with Crippen LogP contribution in [0, 0.1) is 11.3 Å². The van der Waals surface area contributed by atoms with Crippen molar-refractivity contribution in [2.24, 2.45) is 5.14 Å². The summed E-state index contributed by atoms with van der Waals surface area (Å²) in [5.74, 6) is 0.00965. The first-order valence-corrected chi connectivity index (χ1v) is 8.14. The quantitative estimate of drug-likeness (QED) is 0.795. The molecule has 0 aliphatic rings. The number of rotatable bonds is 3. The van der Waals surface area contributed by atoms with Crippen molar-refractivity contribution in [1.29, 1.82) is 5.26 Å². The molecule has 114 valence electrons. The van der Waals surface area contributed by atoms with Gasteiger partial charge in [-0.1, -0.05) is 47.6 Å². The van der Waals surface area contributed by atoms with Gasteiger partial charge in [-0.25, -0.2) is 13.6 Å². The van der Waals surface area contributed by atoms with Crippen LogP contribution in [0.15, 0.2) is 64.0 Å². The average molecular weight is 325 g/mol. The number of hydrogen-bond acceptors (Lipinski definition) is 5. The highest BCUT2D eigenvalue weighted by Gasteiger charge is 2.20. The predicted octanol–water partition coefficient (Wildman–Crippen LogP) is 2.53. The van der Waals surface area contributed by atoms with Crippen molar-refractivity contribution in [3.8, 4) is 28.5 Å². The molecule has 0 bridgehead atoms. The van der Waals surface area contributed by atoms with Crippen LogP contribution in [-0.4, -0.2) is 13.6 Å². The molecule has 1 heterocycles. The maximum absolute atomic E-state index is 11.5. The van der Waals surface area contributed by atoms with Crippen LogP contribution in [0.2, 0.25) is 0 Å². The fourth-order valence-corrected chi connectivity index (χ4v) is 2.82. The lowest BCUT2D eigenvalue weighted by atomic mass is 9.99. The van der Waals surface area contributed by atoms with Gasteiger partial charge in [0, 0.05) is 5.56 Å². The summed E-state index contributed by atoms with van der Waals surface area (Å²) in [4.78, 5) is -0.0425. The molecule has 0 saturated carbocycles. The van der Waals surface area contributed by atoms with Crippen LogP contribution < -0.4 is 5.14 Å². The smallest absolute Gasteiger partial charge is 0.244 e. The minimum Gasteiger partial charge on any atom is -0.344 e. The highest BCUT2D eigenvalue weighted by molar-refractivity contribution is 7.89. The Hall–Kier alpha value is -2.95. The lowest BCUT2D eigenvalue weighted by Crippen LogP contribution is -2.11. The Balaban J connectivity index is 2.25. The number of benzene rings is 2. The highest BCUT2D eigenvalue weighted by Crippen LogP contribution is 2.34. The second-order valence-electron chi connectivity index (χ2n) is 4.79. The largest absolute Gasteiger partial charge is 0.344 e. The molecule has 7 heteroatoms. The minimum atomic E-state index is -3.85. The van der Waals surface area contributed by atoms with E-state index in [9.17, 15) is 13.7 Å². The Morgan fingerprint density at radius 2 is 1.74 bits per heavy atom. The Labute approximate surface area is 132 Å². The van der Waals surface area contributed by atoms with Gasteiger partial charge in [0.05, 0.1) is 10.5 Å². The van der Waals surface area contributed by atoms with Crippen molar-refractivity contribution in [3.63, 3.8) is 0 Å². The summed E-state index contributed by atoms with van der Waals surface area (Å²) in [6.07, 6.45) is 0. The summed E-state index contributed by atoms with van der Waals surface area (Å²) in [5.41, 5.74) is 2.15. The Morgan fingerprint density at radius 3 is 2.39 bits per heavy atom. The van der Waals surface area contributed by atoms with Gasteiger partial charge in [0.25, 0.3) is 0 Å². The number of aromatic nitrogens is 1. The summed E-state index contributed by atoms with van der Waals surface area (Å²) >= 11 is 0. The van der Waals surface area contributed by atoms with E-state index in [1.807, 2.05) is 36.4 Å². The third kappa shape index (κ3) is 2.85. The van der Waals surface area contributed by atoms with Crippen molar-refractivity contribution in [3.05, 3.63) is 60.4 Å². The zero-order valence-electron chi connectivity index (χ0n) is 11.8. The van der Waals surface area contributed by atoms with Gasteiger partial charge in [0.15, 0.2) is 0 Å². The molecule has 0 spiro atoms. The Bertz CT molecular complexity index is 1000. The molecule has 6 nitrogen and oxygen atoms in total. The van der Waals surface area contributed by atoms with Gasteiger partial charge in [0.2, 0.25) is 15.8 Å². The summed E-state index contributed by atoms with van der Waals surface area (Å²) < 4.78 is 28.2. The van der Waals surface area contributed by atoms with Crippen LogP contribution in [-0.2, 0) is 10.0 Å². The SMILES string of the molecule is N#Cc1onc(-c2ccccc2)c1-c1cccc(S(N)(=O)=O)c1. The van der Waals surface area contributed by atoms with Crippen LogP contribution in [0.25, 0.3) is 22.4 Å². The number of primary sulfonamides is 1. The van der Waals surface area contributed by atoms with Crippen molar-refractivity contribution in [2.75, 3.05) is 0 Å². The molecular weight excluding hydrogens is 314 g/mol. The Kier molecular flexibility index (Phi) is 3.70. The van der Waals surface area contributed by atoms with E-state index in [1.54, 1.807) is 12.1 Å². The summed E-state index contributed by atoms with van der Waals surface area (Å²) in [6.45, 7) is 0.